The minimum absolute atomic E-state index is 0.0133. The average molecular weight is 760 g/mol. The van der Waals surface area contributed by atoms with Crippen molar-refractivity contribution in [3.05, 3.63) is 24.3 Å². The first-order valence-electron chi connectivity index (χ1n) is 20.9. The van der Waals surface area contributed by atoms with Gasteiger partial charge in [0, 0.05) is 13.0 Å². The van der Waals surface area contributed by atoms with Crippen molar-refractivity contribution in [2.45, 2.75) is 199 Å². The molecule has 0 aromatic rings. The number of hydrogen-bond donors (Lipinski definition) is 3. The van der Waals surface area contributed by atoms with Crippen LogP contribution in [0, 0.1) is 0 Å². The van der Waals surface area contributed by atoms with Gasteiger partial charge in [-0.15, -0.1) is 0 Å². The number of hydrogen-bond acceptors (Lipinski definition) is 8. The van der Waals surface area contributed by atoms with Gasteiger partial charge in [-0.2, -0.15) is 0 Å². The highest BCUT2D eigenvalue weighted by molar-refractivity contribution is 7.47. The number of ether oxygens (including phenoxy) is 2. The summed E-state index contributed by atoms with van der Waals surface area (Å²) in [6.45, 7) is 3.85. The molecule has 0 aliphatic carbocycles. The molecule has 0 aromatic carbocycles. The van der Waals surface area contributed by atoms with Gasteiger partial charge in [-0.1, -0.05) is 160 Å². The van der Waals surface area contributed by atoms with Gasteiger partial charge in [-0.25, -0.2) is 4.57 Å². The van der Waals surface area contributed by atoms with Crippen LogP contribution in [0.15, 0.2) is 24.3 Å². The summed E-state index contributed by atoms with van der Waals surface area (Å²) in [4.78, 5) is 33.4. The molecule has 0 bridgehead atoms. The maximum atomic E-state index is 12.6. The van der Waals surface area contributed by atoms with Crippen LogP contribution in [0.1, 0.15) is 187 Å². The van der Waals surface area contributed by atoms with Gasteiger partial charge < -0.3 is 25.2 Å². The molecule has 10 nitrogen and oxygen atoms in total. The first-order valence-corrected chi connectivity index (χ1v) is 22.4. The van der Waals surface area contributed by atoms with Crippen molar-refractivity contribution in [1.82, 2.24) is 0 Å². The molecule has 0 aliphatic rings. The molecule has 4 N–H and O–H groups in total. The number of carbonyl (C=O) groups is 2. The molecule has 3 atom stereocenters. The summed E-state index contributed by atoms with van der Waals surface area (Å²) in [5.41, 5.74) is 5.35. The number of carboxylic acids is 1. The average Bonchev–Trinajstić information content (AvgIpc) is 3.12. The minimum Gasteiger partial charge on any atom is -0.480 e. The van der Waals surface area contributed by atoms with E-state index in [0.29, 0.717) is 13.0 Å². The van der Waals surface area contributed by atoms with Crippen LogP contribution in [0.2, 0.25) is 0 Å². The summed E-state index contributed by atoms with van der Waals surface area (Å²) in [6.07, 6.45) is 39.4. The summed E-state index contributed by atoms with van der Waals surface area (Å²) in [6, 6.07) is -1.47. The van der Waals surface area contributed by atoms with Crippen LogP contribution in [0.5, 0.6) is 0 Å². The molecule has 0 saturated heterocycles. The second-order valence-electron chi connectivity index (χ2n) is 14.1. The van der Waals surface area contributed by atoms with Gasteiger partial charge in [0.25, 0.3) is 0 Å². The SMILES string of the molecule is CCCCCC/C=C\C/C=C\CCCCCCCCOCC(COP(=O)(O)OCC(N)C(=O)O)OC(=O)CCCCCCCCCCCCCCC. The van der Waals surface area contributed by atoms with E-state index in [0.717, 1.165) is 44.9 Å². The Balaban J connectivity index is 4.26. The summed E-state index contributed by atoms with van der Waals surface area (Å²) in [5.74, 6) is -1.78. The highest BCUT2D eigenvalue weighted by atomic mass is 31.2. The fourth-order valence-corrected chi connectivity index (χ4v) is 6.47. The predicted octanol–water partition coefficient (Wildman–Crippen LogP) is 11.1. The predicted molar refractivity (Wildman–Crippen MR) is 212 cm³/mol. The van der Waals surface area contributed by atoms with Crippen LogP contribution in [-0.2, 0) is 32.7 Å². The normalized spacial score (nSPS) is 14.2. The van der Waals surface area contributed by atoms with Gasteiger partial charge in [0.15, 0.2) is 0 Å². The molecule has 3 unspecified atom stereocenters. The van der Waals surface area contributed by atoms with Crippen molar-refractivity contribution >= 4 is 19.8 Å². The van der Waals surface area contributed by atoms with E-state index in [1.807, 2.05) is 0 Å². The Labute approximate surface area is 317 Å². The Morgan fingerprint density at radius 2 is 1.06 bits per heavy atom. The fourth-order valence-electron chi connectivity index (χ4n) is 5.69. The third kappa shape index (κ3) is 36.8. The molecule has 306 valence electrons. The van der Waals surface area contributed by atoms with E-state index in [-0.39, 0.29) is 13.0 Å². The lowest BCUT2D eigenvalue weighted by Gasteiger charge is -2.20. The topological polar surface area (TPSA) is 155 Å². The van der Waals surface area contributed by atoms with Crippen LogP contribution < -0.4 is 5.73 Å². The van der Waals surface area contributed by atoms with Crippen LogP contribution >= 0.6 is 7.82 Å². The molecular formula is C41H78NO9P. The molecular weight excluding hydrogens is 681 g/mol. The van der Waals surface area contributed by atoms with Gasteiger partial charge >= 0.3 is 19.8 Å². The number of aliphatic carboxylic acids is 1. The lowest BCUT2D eigenvalue weighted by atomic mass is 10.0. The number of nitrogens with two attached hydrogens (primary N) is 1. The smallest absolute Gasteiger partial charge is 0.472 e. The summed E-state index contributed by atoms with van der Waals surface area (Å²) < 4.78 is 33.3. The van der Waals surface area contributed by atoms with E-state index in [9.17, 15) is 19.0 Å². The molecule has 52 heavy (non-hydrogen) atoms. The summed E-state index contributed by atoms with van der Waals surface area (Å²) >= 11 is 0. The Kier molecular flexibility index (Phi) is 36.6. The van der Waals surface area contributed by atoms with E-state index in [1.54, 1.807) is 0 Å². The van der Waals surface area contributed by atoms with Gasteiger partial charge in [0.1, 0.15) is 12.1 Å². The number of rotatable bonds is 40. The van der Waals surface area contributed by atoms with Gasteiger partial charge in [0.05, 0.1) is 19.8 Å². The molecule has 0 saturated carbocycles. The lowest BCUT2D eigenvalue weighted by molar-refractivity contribution is -0.154. The number of phosphoric acid groups is 1. The Bertz CT molecular complexity index is 930. The minimum atomic E-state index is -4.61. The van der Waals surface area contributed by atoms with Crippen molar-refractivity contribution in [2.75, 3.05) is 26.4 Å². The quantitative estimate of drug-likeness (QED) is 0.0238. The van der Waals surface area contributed by atoms with E-state index < -0.39 is 45.1 Å². The number of phosphoric ester groups is 1. The van der Waals surface area contributed by atoms with Gasteiger partial charge in [0.2, 0.25) is 0 Å². The molecule has 0 heterocycles. The molecule has 0 amide bonds. The molecule has 11 heteroatoms. The highest BCUT2D eigenvalue weighted by Crippen LogP contribution is 2.43. The number of esters is 1. The highest BCUT2D eigenvalue weighted by Gasteiger charge is 2.27. The van der Waals surface area contributed by atoms with Crippen LogP contribution in [0.4, 0.5) is 0 Å². The molecule has 0 radical (unpaired) electrons. The first-order chi connectivity index (χ1) is 25.2. The molecule has 0 spiro atoms. The lowest BCUT2D eigenvalue weighted by Crippen LogP contribution is -2.34. The van der Waals surface area contributed by atoms with Crippen molar-refractivity contribution in [3.8, 4) is 0 Å². The third-order valence-corrected chi connectivity index (χ3v) is 9.93. The fraction of sp³-hybridized carbons (Fsp3) is 0.854. The number of unbranched alkanes of at least 4 members (excludes halogenated alkanes) is 22. The monoisotopic (exact) mass is 760 g/mol. The zero-order valence-electron chi connectivity index (χ0n) is 33.2. The summed E-state index contributed by atoms with van der Waals surface area (Å²) in [7, 11) is -4.61. The van der Waals surface area contributed by atoms with Gasteiger partial charge in [-0.3, -0.25) is 18.6 Å². The number of carboxylic acid groups (broad SMARTS) is 1. The largest absolute Gasteiger partial charge is 0.480 e. The van der Waals surface area contributed by atoms with Crippen LogP contribution in [-0.4, -0.2) is 60.5 Å². The van der Waals surface area contributed by atoms with Crippen molar-refractivity contribution < 1.29 is 42.7 Å². The molecule has 0 aromatic heterocycles. The number of allylic oxidation sites excluding steroid dienone is 4. The second kappa shape index (κ2) is 37.8. The van der Waals surface area contributed by atoms with Crippen molar-refractivity contribution in [1.29, 1.82) is 0 Å². The Morgan fingerprint density at radius 3 is 1.58 bits per heavy atom. The van der Waals surface area contributed by atoms with Crippen LogP contribution in [0.25, 0.3) is 0 Å². The van der Waals surface area contributed by atoms with E-state index in [4.69, 9.17) is 29.4 Å². The molecule has 0 fully saturated rings. The summed E-state index contributed by atoms with van der Waals surface area (Å²) in [5, 5.41) is 8.88. The molecule has 0 rings (SSSR count). The Hall–Kier alpha value is -1.55. The van der Waals surface area contributed by atoms with E-state index in [1.165, 1.54) is 116 Å². The zero-order chi connectivity index (χ0) is 38.4. The first kappa shape index (κ1) is 50.5. The maximum absolute atomic E-state index is 12.6. The maximum Gasteiger partial charge on any atom is 0.472 e. The third-order valence-electron chi connectivity index (χ3n) is 8.98. The van der Waals surface area contributed by atoms with Crippen molar-refractivity contribution in [2.24, 2.45) is 5.73 Å². The standard InChI is InChI=1S/C41H78NO9P/c1-3-5-7-9-11-13-15-17-18-19-20-22-24-26-28-30-32-34-48-35-38(36-49-52(46,47)50-37-39(42)41(44)45)51-40(43)33-31-29-27-25-23-21-16-14-12-10-8-6-4-2/h13,15,18-19,38-39H,3-12,14,16-17,20-37,42H2,1-2H3,(H,44,45)(H,46,47)/b15-13-,19-18-. The van der Waals surface area contributed by atoms with Crippen LogP contribution in [0.3, 0.4) is 0 Å². The molecule has 0 aliphatic heterocycles. The van der Waals surface area contributed by atoms with E-state index in [2.05, 4.69) is 38.2 Å². The van der Waals surface area contributed by atoms with Gasteiger partial charge in [-0.05, 0) is 44.9 Å². The number of carbonyl (C=O) groups excluding carboxylic acids is 1. The second-order valence-corrected chi connectivity index (χ2v) is 15.6. The Morgan fingerprint density at radius 1 is 0.615 bits per heavy atom. The van der Waals surface area contributed by atoms with Crippen molar-refractivity contribution in [3.63, 3.8) is 0 Å². The van der Waals surface area contributed by atoms with E-state index >= 15 is 0 Å². The zero-order valence-corrected chi connectivity index (χ0v) is 34.1.